The van der Waals surface area contributed by atoms with Crippen LogP contribution in [0, 0.1) is 13.8 Å². The van der Waals surface area contributed by atoms with Gasteiger partial charge in [-0.15, -0.1) is 0 Å². The van der Waals surface area contributed by atoms with Crippen LogP contribution in [0.1, 0.15) is 55.3 Å². The van der Waals surface area contributed by atoms with E-state index in [1.807, 2.05) is 4.90 Å². The van der Waals surface area contributed by atoms with Crippen LogP contribution in [-0.2, 0) is 0 Å². The highest BCUT2D eigenvalue weighted by Crippen LogP contribution is 2.23. The minimum absolute atomic E-state index is 0.0911. The third-order valence-electron chi connectivity index (χ3n) is 5.70. The molecule has 0 spiro atoms. The molecule has 0 saturated carbocycles. The second kappa shape index (κ2) is 7.56. The molecular weight excluding hydrogens is 298 g/mol. The molecular formula is C20H31N3O. The Bertz CT molecular complexity index is 574. The van der Waals surface area contributed by atoms with Gasteiger partial charge in [-0.1, -0.05) is 31.5 Å². The van der Waals surface area contributed by atoms with Crippen LogP contribution in [0.3, 0.4) is 0 Å². The highest BCUT2D eigenvalue weighted by Gasteiger charge is 2.35. The molecule has 0 aromatic heterocycles. The number of likely N-dealkylation sites (tertiary alicyclic amines) is 2. The molecule has 0 radical (unpaired) electrons. The number of carbonyl (C=O) groups is 1. The van der Waals surface area contributed by atoms with Crippen LogP contribution in [0.25, 0.3) is 0 Å². The summed E-state index contributed by atoms with van der Waals surface area (Å²) >= 11 is 0. The monoisotopic (exact) mass is 329 g/mol. The fourth-order valence-electron chi connectivity index (χ4n) is 3.78. The van der Waals surface area contributed by atoms with Crippen molar-refractivity contribution in [2.75, 3.05) is 26.2 Å². The van der Waals surface area contributed by atoms with Crippen molar-refractivity contribution in [2.24, 2.45) is 0 Å². The molecule has 1 N–H and O–H groups in total. The molecule has 0 aliphatic carbocycles. The van der Waals surface area contributed by atoms with E-state index >= 15 is 0 Å². The first kappa shape index (κ1) is 17.3. The van der Waals surface area contributed by atoms with E-state index in [1.54, 1.807) is 0 Å². The Morgan fingerprint density at radius 3 is 2.50 bits per heavy atom. The molecule has 0 unspecified atom stereocenters. The second-order valence-electron chi connectivity index (χ2n) is 7.41. The number of piperidine rings is 1. The summed E-state index contributed by atoms with van der Waals surface area (Å²) < 4.78 is 0. The highest BCUT2D eigenvalue weighted by atomic mass is 16.2. The molecule has 24 heavy (non-hydrogen) atoms. The molecule has 2 heterocycles. The first-order valence-electron chi connectivity index (χ1n) is 9.45. The molecule has 132 valence electrons. The van der Waals surface area contributed by atoms with Crippen molar-refractivity contribution in [1.29, 1.82) is 0 Å². The molecule has 2 saturated heterocycles. The van der Waals surface area contributed by atoms with Gasteiger partial charge in [0.05, 0.1) is 6.04 Å². The quantitative estimate of drug-likeness (QED) is 0.915. The standard InChI is InChI=1S/C20H31N3O/c1-4-19(17-9-8-15(2)16(3)12-17)21-20(24)23-13-18(14-23)22-10-6-5-7-11-22/h8-9,12,18-19H,4-7,10-11,13-14H2,1-3H3,(H,21,24)/t19-/m0/s1. The van der Waals surface area contributed by atoms with Gasteiger partial charge in [0.1, 0.15) is 0 Å². The maximum atomic E-state index is 12.5. The lowest BCUT2D eigenvalue weighted by Gasteiger charge is -2.46. The van der Waals surface area contributed by atoms with Gasteiger partial charge < -0.3 is 10.2 Å². The third kappa shape index (κ3) is 3.75. The maximum Gasteiger partial charge on any atom is 0.317 e. The van der Waals surface area contributed by atoms with Gasteiger partial charge >= 0.3 is 6.03 Å². The van der Waals surface area contributed by atoms with E-state index < -0.39 is 0 Å². The first-order valence-corrected chi connectivity index (χ1v) is 9.45. The summed E-state index contributed by atoms with van der Waals surface area (Å²) in [4.78, 5) is 17.1. The Kier molecular flexibility index (Phi) is 5.44. The number of hydrogen-bond donors (Lipinski definition) is 1. The Morgan fingerprint density at radius 1 is 1.17 bits per heavy atom. The fraction of sp³-hybridized carbons (Fsp3) is 0.650. The predicted molar refractivity (Wildman–Crippen MR) is 98.3 cm³/mol. The predicted octanol–water partition coefficient (Wildman–Crippen LogP) is 3.63. The Hall–Kier alpha value is -1.55. The number of urea groups is 1. The summed E-state index contributed by atoms with van der Waals surface area (Å²) in [7, 11) is 0. The van der Waals surface area contributed by atoms with Crippen LogP contribution in [0.4, 0.5) is 4.79 Å². The van der Waals surface area contributed by atoms with E-state index in [0.29, 0.717) is 6.04 Å². The number of aryl methyl sites for hydroxylation is 2. The van der Waals surface area contributed by atoms with Gasteiger partial charge in [-0.25, -0.2) is 4.79 Å². The number of nitrogens with zero attached hydrogens (tertiary/aromatic N) is 2. The molecule has 2 amide bonds. The molecule has 3 rings (SSSR count). The number of benzene rings is 1. The van der Waals surface area contributed by atoms with Crippen molar-refractivity contribution in [3.63, 3.8) is 0 Å². The summed E-state index contributed by atoms with van der Waals surface area (Å²) in [5.74, 6) is 0. The van der Waals surface area contributed by atoms with Crippen LogP contribution in [0.5, 0.6) is 0 Å². The van der Waals surface area contributed by atoms with Crippen LogP contribution >= 0.6 is 0 Å². The summed E-state index contributed by atoms with van der Waals surface area (Å²) in [6.07, 6.45) is 4.90. The zero-order chi connectivity index (χ0) is 17.1. The number of carbonyl (C=O) groups excluding carboxylic acids is 1. The minimum Gasteiger partial charge on any atom is -0.331 e. The Balaban J connectivity index is 1.53. The Labute approximate surface area is 146 Å². The largest absolute Gasteiger partial charge is 0.331 e. The van der Waals surface area contributed by atoms with Crippen LogP contribution < -0.4 is 5.32 Å². The lowest BCUT2D eigenvalue weighted by molar-refractivity contribution is 0.0441. The lowest BCUT2D eigenvalue weighted by Crippen LogP contribution is -2.63. The number of rotatable bonds is 4. The summed E-state index contributed by atoms with van der Waals surface area (Å²) in [5.41, 5.74) is 3.79. The van der Waals surface area contributed by atoms with Crippen molar-refractivity contribution >= 4 is 6.03 Å². The minimum atomic E-state index is 0.0911. The molecule has 0 bridgehead atoms. The van der Waals surface area contributed by atoms with Gasteiger partial charge in [-0.2, -0.15) is 0 Å². The van der Waals surface area contributed by atoms with Crippen molar-refractivity contribution in [3.8, 4) is 0 Å². The fourth-order valence-corrected chi connectivity index (χ4v) is 3.78. The molecule has 2 aliphatic heterocycles. The van der Waals surface area contributed by atoms with E-state index in [4.69, 9.17) is 0 Å². The van der Waals surface area contributed by atoms with E-state index in [-0.39, 0.29) is 12.1 Å². The lowest BCUT2D eigenvalue weighted by atomic mass is 9.99. The van der Waals surface area contributed by atoms with Gasteiger partial charge in [0, 0.05) is 19.1 Å². The van der Waals surface area contributed by atoms with E-state index in [9.17, 15) is 4.79 Å². The van der Waals surface area contributed by atoms with E-state index in [2.05, 4.69) is 49.2 Å². The number of nitrogens with one attached hydrogen (secondary N) is 1. The van der Waals surface area contributed by atoms with Gasteiger partial charge in [0.25, 0.3) is 0 Å². The van der Waals surface area contributed by atoms with Crippen molar-refractivity contribution in [2.45, 2.75) is 58.5 Å². The number of amides is 2. The van der Waals surface area contributed by atoms with E-state index in [0.717, 1.165) is 19.5 Å². The second-order valence-corrected chi connectivity index (χ2v) is 7.41. The van der Waals surface area contributed by atoms with Crippen molar-refractivity contribution in [3.05, 3.63) is 34.9 Å². The molecule has 4 heteroatoms. The third-order valence-corrected chi connectivity index (χ3v) is 5.70. The molecule has 1 atom stereocenters. The van der Waals surface area contributed by atoms with Crippen molar-refractivity contribution in [1.82, 2.24) is 15.1 Å². The van der Waals surface area contributed by atoms with Gasteiger partial charge in [0.15, 0.2) is 0 Å². The molecule has 1 aromatic carbocycles. The maximum absolute atomic E-state index is 12.5. The Morgan fingerprint density at radius 2 is 1.88 bits per heavy atom. The first-order chi connectivity index (χ1) is 11.6. The van der Waals surface area contributed by atoms with Crippen LogP contribution in [0.15, 0.2) is 18.2 Å². The number of hydrogen-bond acceptors (Lipinski definition) is 2. The smallest absolute Gasteiger partial charge is 0.317 e. The topological polar surface area (TPSA) is 35.6 Å². The SMILES string of the molecule is CC[C@H](NC(=O)N1CC(N2CCCCC2)C1)c1ccc(C)c(C)c1. The molecule has 2 fully saturated rings. The molecule has 4 nitrogen and oxygen atoms in total. The highest BCUT2D eigenvalue weighted by molar-refractivity contribution is 5.75. The summed E-state index contributed by atoms with van der Waals surface area (Å²) in [6, 6.07) is 7.27. The van der Waals surface area contributed by atoms with E-state index in [1.165, 1.54) is 49.0 Å². The summed E-state index contributed by atoms with van der Waals surface area (Å²) in [6.45, 7) is 10.6. The van der Waals surface area contributed by atoms with Gasteiger partial charge in [-0.05, 0) is 62.9 Å². The average Bonchev–Trinajstić information content (AvgIpc) is 2.55. The summed E-state index contributed by atoms with van der Waals surface area (Å²) in [5, 5.41) is 3.22. The zero-order valence-corrected chi connectivity index (χ0v) is 15.3. The average molecular weight is 329 g/mol. The van der Waals surface area contributed by atoms with Crippen LogP contribution in [-0.4, -0.2) is 48.1 Å². The van der Waals surface area contributed by atoms with Gasteiger partial charge in [0.2, 0.25) is 0 Å². The molecule has 2 aliphatic rings. The zero-order valence-electron chi connectivity index (χ0n) is 15.3. The van der Waals surface area contributed by atoms with Gasteiger partial charge in [-0.3, -0.25) is 4.90 Å². The van der Waals surface area contributed by atoms with Crippen LogP contribution in [0.2, 0.25) is 0 Å². The molecule has 1 aromatic rings. The normalized spacial score (nSPS) is 20.5. The van der Waals surface area contributed by atoms with Crippen molar-refractivity contribution < 1.29 is 4.79 Å².